The van der Waals surface area contributed by atoms with E-state index >= 15 is 0 Å². The van der Waals surface area contributed by atoms with Crippen LogP contribution in [0.4, 0.5) is 4.39 Å². The molecule has 0 amide bonds. The molecule has 1 aliphatic heterocycles. The Bertz CT molecular complexity index is 700. The lowest BCUT2D eigenvalue weighted by atomic mass is 9.84. The molecule has 25 heavy (non-hydrogen) atoms. The van der Waals surface area contributed by atoms with Gasteiger partial charge in [-0.1, -0.05) is 0 Å². The Kier molecular flexibility index (Phi) is 5.34. The first kappa shape index (κ1) is 17.4. The quantitative estimate of drug-likeness (QED) is 0.870. The van der Waals surface area contributed by atoms with Crippen molar-refractivity contribution in [3.8, 4) is 0 Å². The Morgan fingerprint density at radius 1 is 1.12 bits per heavy atom. The number of hydrogen-bond donors (Lipinski definition) is 1. The zero-order valence-electron chi connectivity index (χ0n) is 14.8. The molecule has 1 saturated heterocycles. The molecule has 2 aromatic rings. The summed E-state index contributed by atoms with van der Waals surface area (Å²) in [5.74, 6) is 1.25. The Morgan fingerprint density at radius 2 is 1.88 bits per heavy atom. The fourth-order valence-corrected chi connectivity index (χ4v) is 5.38. The molecule has 2 N–H and O–H groups in total. The molecule has 2 fully saturated rings. The number of halogens is 1. The monoisotopic (exact) mass is 361 g/mol. The van der Waals surface area contributed by atoms with Gasteiger partial charge in [-0.3, -0.25) is 0 Å². The van der Waals surface area contributed by atoms with Crippen molar-refractivity contribution in [2.24, 2.45) is 11.7 Å². The molecule has 4 rings (SSSR count). The van der Waals surface area contributed by atoms with Gasteiger partial charge in [0.15, 0.2) is 0 Å². The van der Waals surface area contributed by atoms with Crippen LogP contribution in [0.2, 0.25) is 0 Å². The molecule has 1 aromatic carbocycles. The van der Waals surface area contributed by atoms with E-state index in [0.717, 1.165) is 29.1 Å². The van der Waals surface area contributed by atoms with Crippen molar-refractivity contribution in [1.29, 1.82) is 0 Å². The number of rotatable bonds is 4. The van der Waals surface area contributed by atoms with Crippen LogP contribution in [-0.2, 0) is 0 Å². The molecule has 0 unspecified atom stereocenters. The third-order valence-electron chi connectivity index (χ3n) is 6.18. The summed E-state index contributed by atoms with van der Waals surface area (Å²) in [6, 6.07) is 5.53. The van der Waals surface area contributed by atoms with Crippen LogP contribution in [-0.4, -0.2) is 34.9 Å². The zero-order valence-corrected chi connectivity index (χ0v) is 15.6. The van der Waals surface area contributed by atoms with Gasteiger partial charge in [0.25, 0.3) is 0 Å². The number of aromatic nitrogens is 1. The van der Waals surface area contributed by atoms with Gasteiger partial charge in [-0.05, 0) is 100 Å². The fraction of sp³-hybridized carbons (Fsp3) is 0.650. The molecular weight excluding hydrogens is 333 g/mol. The van der Waals surface area contributed by atoms with Crippen molar-refractivity contribution in [2.45, 2.75) is 56.9 Å². The van der Waals surface area contributed by atoms with Crippen molar-refractivity contribution >= 4 is 21.6 Å². The Labute approximate surface area is 153 Å². The van der Waals surface area contributed by atoms with E-state index < -0.39 is 0 Å². The second-order valence-corrected chi connectivity index (χ2v) is 8.70. The second-order valence-electron chi connectivity index (χ2n) is 7.89. The zero-order chi connectivity index (χ0) is 17.2. The minimum Gasteiger partial charge on any atom is -0.328 e. The van der Waals surface area contributed by atoms with Gasteiger partial charge in [-0.25, -0.2) is 4.39 Å². The van der Waals surface area contributed by atoms with E-state index in [1.165, 1.54) is 68.7 Å². The predicted octanol–water partition coefficient (Wildman–Crippen LogP) is 4.52. The highest BCUT2D eigenvalue weighted by Gasteiger charge is 2.25. The summed E-state index contributed by atoms with van der Waals surface area (Å²) in [5, 5.41) is 1.16. The van der Waals surface area contributed by atoms with Gasteiger partial charge in [0, 0.05) is 17.3 Å². The molecule has 5 heteroatoms. The summed E-state index contributed by atoms with van der Waals surface area (Å²) in [4.78, 5) is 2.62. The van der Waals surface area contributed by atoms with Crippen molar-refractivity contribution in [2.75, 3.05) is 19.6 Å². The van der Waals surface area contributed by atoms with Crippen molar-refractivity contribution in [3.05, 3.63) is 29.7 Å². The Hall–Kier alpha value is -1.04. The number of benzene rings is 1. The van der Waals surface area contributed by atoms with Crippen LogP contribution in [0.1, 0.15) is 56.6 Å². The maximum atomic E-state index is 13.4. The van der Waals surface area contributed by atoms with Crippen molar-refractivity contribution in [3.63, 3.8) is 0 Å². The number of nitrogens with zero attached hydrogens (tertiary/aromatic N) is 2. The maximum Gasteiger partial charge on any atom is 0.124 e. The predicted molar refractivity (Wildman–Crippen MR) is 103 cm³/mol. The second kappa shape index (κ2) is 7.68. The van der Waals surface area contributed by atoms with Crippen molar-refractivity contribution in [1.82, 2.24) is 9.27 Å². The van der Waals surface area contributed by atoms with Crippen LogP contribution in [0.25, 0.3) is 10.1 Å². The largest absolute Gasteiger partial charge is 0.328 e. The highest BCUT2D eigenvalue weighted by Crippen LogP contribution is 2.35. The van der Waals surface area contributed by atoms with E-state index in [1.807, 2.05) is 6.07 Å². The minimum absolute atomic E-state index is 0.166. The van der Waals surface area contributed by atoms with Gasteiger partial charge in [0.05, 0.1) is 10.4 Å². The van der Waals surface area contributed by atoms with Crippen LogP contribution in [0.15, 0.2) is 18.2 Å². The smallest absolute Gasteiger partial charge is 0.124 e. The van der Waals surface area contributed by atoms with Crippen LogP contribution < -0.4 is 5.73 Å². The molecule has 0 atom stereocenters. The van der Waals surface area contributed by atoms with E-state index in [1.54, 1.807) is 12.1 Å². The van der Waals surface area contributed by atoms with E-state index in [9.17, 15) is 4.39 Å². The molecule has 1 aliphatic carbocycles. The normalized spacial score (nSPS) is 26.3. The number of hydrogen-bond acceptors (Lipinski definition) is 4. The van der Waals surface area contributed by atoms with Gasteiger partial charge in [0.1, 0.15) is 5.82 Å². The molecule has 136 valence electrons. The SMILES string of the molecule is N[C@H]1CC[C@H](CCN2CCC(c3nsc4cc(F)ccc34)CC2)CC1. The average molecular weight is 362 g/mol. The van der Waals surface area contributed by atoms with E-state index in [0.29, 0.717) is 12.0 Å². The molecule has 0 radical (unpaired) electrons. The summed E-state index contributed by atoms with van der Waals surface area (Å²) >= 11 is 1.44. The van der Waals surface area contributed by atoms with Crippen LogP contribution in [0.3, 0.4) is 0 Å². The lowest BCUT2D eigenvalue weighted by Gasteiger charge is -2.33. The number of nitrogens with two attached hydrogens (primary N) is 1. The van der Waals surface area contributed by atoms with Crippen molar-refractivity contribution < 1.29 is 4.39 Å². The van der Waals surface area contributed by atoms with Crippen LogP contribution in [0.5, 0.6) is 0 Å². The van der Waals surface area contributed by atoms with Gasteiger partial charge in [0.2, 0.25) is 0 Å². The highest BCUT2D eigenvalue weighted by molar-refractivity contribution is 7.13. The van der Waals surface area contributed by atoms with E-state index in [4.69, 9.17) is 5.73 Å². The topological polar surface area (TPSA) is 42.1 Å². The lowest BCUT2D eigenvalue weighted by molar-refractivity contribution is 0.186. The molecule has 1 saturated carbocycles. The summed E-state index contributed by atoms with van der Waals surface area (Å²) in [7, 11) is 0. The Morgan fingerprint density at radius 3 is 2.64 bits per heavy atom. The molecule has 3 nitrogen and oxygen atoms in total. The molecule has 1 aromatic heterocycles. The summed E-state index contributed by atoms with van der Waals surface area (Å²) in [6.45, 7) is 3.56. The van der Waals surface area contributed by atoms with Gasteiger partial charge < -0.3 is 10.6 Å². The third-order valence-corrected chi connectivity index (χ3v) is 7.00. The number of piperidine rings is 1. The van der Waals surface area contributed by atoms with Gasteiger partial charge >= 0.3 is 0 Å². The first-order valence-corrected chi connectivity index (χ1v) is 10.5. The average Bonchev–Trinajstić information content (AvgIpc) is 3.04. The lowest BCUT2D eigenvalue weighted by Crippen LogP contribution is -2.35. The highest BCUT2D eigenvalue weighted by atomic mass is 32.1. The fourth-order valence-electron chi connectivity index (χ4n) is 4.50. The first-order chi connectivity index (χ1) is 12.2. The Balaban J connectivity index is 1.29. The molecule has 2 heterocycles. The third kappa shape index (κ3) is 4.04. The molecule has 0 bridgehead atoms. The van der Waals surface area contributed by atoms with Gasteiger partial charge in [-0.15, -0.1) is 0 Å². The summed E-state index contributed by atoms with van der Waals surface area (Å²) in [5.41, 5.74) is 7.20. The van der Waals surface area contributed by atoms with Crippen LogP contribution in [0, 0.1) is 11.7 Å². The molecular formula is C20H28FN3S. The first-order valence-electron chi connectivity index (χ1n) is 9.72. The van der Waals surface area contributed by atoms with Gasteiger partial charge in [-0.2, -0.15) is 4.37 Å². The summed E-state index contributed by atoms with van der Waals surface area (Å²) in [6.07, 6.45) is 8.74. The minimum atomic E-state index is -0.166. The molecule has 2 aliphatic rings. The maximum absolute atomic E-state index is 13.4. The van der Waals surface area contributed by atoms with E-state index in [-0.39, 0.29) is 5.82 Å². The van der Waals surface area contributed by atoms with Crippen LogP contribution >= 0.6 is 11.5 Å². The number of fused-ring (bicyclic) bond motifs is 1. The van der Waals surface area contributed by atoms with E-state index in [2.05, 4.69) is 9.27 Å². The summed E-state index contributed by atoms with van der Waals surface area (Å²) < 4.78 is 19.0. The number of likely N-dealkylation sites (tertiary alicyclic amines) is 1. The standard InChI is InChI=1S/C20H28FN3S/c21-16-3-6-18-19(13-16)25-23-20(18)15-8-11-24(12-9-15)10-7-14-1-4-17(22)5-2-14/h3,6,13-15,17H,1-2,4-5,7-12,22H2/t14-,17-. The molecule has 0 spiro atoms.